The Morgan fingerprint density at radius 3 is 2.05 bits per heavy atom. The van der Waals surface area contributed by atoms with E-state index in [2.05, 4.69) is 10.1 Å². The van der Waals surface area contributed by atoms with E-state index in [0.717, 1.165) is 36.4 Å². The van der Waals surface area contributed by atoms with Crippen LogP contribution in [0.1, 0.15) is 32.6 Å². The molecule has 0 aromatic heterocycles. The highest BCUT2D eigenvalue weighted by Crippen LogP contribution is 2.43. The third-order valence-corrected chi connectivity index (χ3v) is 6.63. The van der Waals surface area contributed by atoms with E-state index >= 15 is 0 Å². The number of halogens is 10. The standard InChI is InChI=1S/C30H19F10NO3/c31-20-11-19(12-21(14-20)44-30(39,40)27(34)35)28(17-4-2-1-3-5-17,18-7-9-24(33)25(42)13-18)15-41-26(43)16-6-8-23(32)22(10-16)29(36,37)38/h1-14,27,42H,15H2,(H,41,43). The van der Waals surface area contributed by atoms with Crippen molar-refractivity contribution in [1.29, 1.82) is 0 Å². The fourth-order valence-corrected chi connectivity index (χ4v) is 4.58. The van der Waals surface area contributed by atoms with Crippen LogP contribution in [0.15, 0.2) is 84.9 Å². The van der Waals surface area contributed by atoms with Crippen molar-refractivity contribution in [2.24, 2.45) is 0 Å². The third-order valence-electron chi connectivity index (χ3n) is 6.63. The second kappa shape index (κ2) is 12.1. The van der Waals surface area contributed by atoms with Gasteiger partial charge in [0.15, 0.2) is 11.6 Å². The van der Waals surface area contributed by atoms with Gasteiger partial charge in [-0.3, -0.25) is 4.79 Å². The molecule has 0 aliphatic carbocycles. The van der Waals surface area contributed by atoms with Crippen LogP contribution in [0.4, 0.5) is 43.9 Å². The number of alkyl halides is 7. The lowest BCUT2D eigenvalue weighted by molar-refractivity contribution is -0.253. The van der Waals surface area contributed by atoms with Gasteiger partial charge in [0, 0.05) is 18.2 Å². The quantitative estimate of drug-likeness (QED) is 0.146. The van der Waals surface area contributed by atoms with E-state index in [4.69, 9.17) is 0 Å². The maximum absolute atomic E-state index is 14.9. The van der Waals surface area contributed by atoms with Gasteiger partial charge in [0.05, 0.1) is 11.0 Å². The van der Waals surface area contributed by atoms with Gasteiger partial charge in [-0.25, -0.2) is 13.2 Å². The van der Waals surface area contributed by atoms with E-state index < -0.39 is 76.7 Å². The molecule has 1 atom stereocenters. The van der Waals surface area contributed by atoms with Gasteiger partial charge in [0.25, 0.3) is 5.91 Å². The molecular formula is C30H19F10NO3. The molecule has 0 heterocycles. The number of phenols is 1. The number of rotatable bonds is 9. The molecule has 0 bridgehead atoms. The molecule has 44 heavy (non-hydrogen) atoms. The Morgan fingerprint density at radius 1 is 0.773 bits per heavy atom. The summed E-state index contributed by atoms with van der Waals surface area (Å²) in [6.07, 6.45) is -14.5. The number of carbonyl (C=O) groups excluding carboxylic acids is 1. The molecule has 4 aromatic carbocycles. The zero-order valence-corrected chi connectivity index (χ0v) is 21.9. The second-order valence-corrected chi connectivity index (χ2v) is 9.45. The van der Waals surface area contributed by atoms with Gasteiger partial charge in [-0.1, -0.05) is 36.4 Å². The summed E-state index contributed by atoms with van der Waals surface area (Å²) in [4.78, 5) is 13.1. The summed E-state index contributed by atoms with van der Waals surface area (Å²) in [5.74, 6) is -7.22. The van der Waals surface area contributed by atoms with Crippen molar-refractivity contribution in [1.82, 2.24) is 5.32 Å². The molecule has 0 aliphatic heterocycles. The maximum atomic E-state index is 14.9. The lowest BCUT2D eigenvalue weighted by Gasteiger charge is -2.36. The predicted octanol–water partition coefficient (Wildman–Crippen LogP) is 7.83. The fourth-order valence-electron chi connectivity index (χ4n) is 4.58. The van der Waals surface area contributed by atoms with Crippen LogP contribution in [-0.2, 0) is 11.6 Å². The van der Waals surface area contributed by atoms with Gasteiger partial charge in [-0.15, -0.1) is 0 Å². The van der Waals surface area contributed by atoms with Crippen molar-refractivity contribution in [3.8, 4) is 11.5 Å². The van der Waals surface area contributed by atoms with Crippen LogP contribution < -0.4 is 10.1 Å². The highest BCUT2D eigenvalue weighted by molar-refractivity contribution is 5.94. The van der Waals surface area contributed by atoms with Gasteiger partial charge < -0.3 is 15.2 Å². The summed E-state index contributed by atoms with van der Waals surface area (Å²) in [6.45, 7) is -0.728. The van der Waals surface area contributed by atoms with Crippen molar-refractivity contribution in [3.05, 3.63) is 130 Å². The molecule has 0 radical (unpaired) electrons. The number of aromatic hydroxyl groups is 1. The number of amides is 1. The van der Waals surface area contributed by atoms with Crippen LogP contribution in [0, 0.1) is 17.5 Å². The first kappa shape index (κ1) is 32.2. The van der Waals surface area contributed by atoms with E-state index in [1.807, 2.05) is 0 Å². The van der Waals surface area contributed by atoms with Crippen molar-refractivity contribution in [2.75, 3.05) is 6.54 Å². The molecular weight excluding hydrogens is 612 g/mol. The van der Waals surface area contributed by atoms with Crippen molar-refractivity contribution < 1.29 is 58.5 Å². The number of benzene rings is 4. The first-order valence-corrected chi connectivity index (χ1v) is 12.4. The Balaban J connectivity index is 1.92. The molecule has 1 unspecified atom stereocenters. The lowest BCUT2D eigenvalue weighted by atomic mass is 9.69. The summed E-state index contributed by atoms with van der Waals surface area (Å²) < 4.78 is 140. The minimum absolute atomic E-state index is 0.102. The summed E-state index contributed by atoms with van der Waals surface area (Å²) in [6, 6.07) is 13.4. The average molecular weight is 631 g/mol. The minimum Gasteiger partial charge on any atom is -0.505 e. The van der Waals surface area contributed by atoms with Gasteiger partial charge >= 0.3 is 18.7 Å². The summed E-state index contributed by atoms with van der Waals surface area (Å²) in [5, 5.41) is 12.5. The number of nitrogens with one attached hydrogen (secondary N) is 1. The zero-order chi connectivity index (χ0) is 32.4. The molecule has 4 aromatic rings. The number of carbonyl (C=O) groups is 1. The van der Waals surface area contributed by atoms with Gasteiger partial charge in [0.1, 0.15) is 17.4 Å². The highest BCUT2D eigenvalue weighted by Gasteiger charge is 2.45. The molecule has 232 valence electrons. The van der Waals surface area contributed by atoms with Crippen LogP contribution in [0.2, 0.25) is 0 Å². The van der Waals surface area contributed by atoms with E-state index in [9.17, 15) is 53.8 Å². The van der Waals surface area contributed by atoms with E-state index in [1.54, 1.807) is 0 Å². The molecule has 0 saturated heterocycles. The Labute approximate surface area is 242 Å². The summed E-state index contributed by atoms with van der Waals surface area (Å²) in [5.41, 5.74) is -4.66. The van der Waals surface area contributed by atoms with E-state index in [-0.39, 0.29) is 22.8 Å². The van der Waals surface area contributed by atoms with Crippen molar-refractivity contribution in [3.63, 3.8) is 0 Å². The zero-order valence-electron chi connectivity index (χ0n) is 21.9. The average Bonchev–Trinajstić information content (AvgIpc) is 2.94. The fraction of sp³-hybridized carbons (Fsp3) is 0.167. The molecule has 1 amide bonds. The Morgan fingerprint density at radius 2 is 1.43 bits per heavy atom. The van der Waals surface area contributed by atoms with Crippen LogP contribution in [0.5, 0.6) is 11.5 Å². The lowest BCUT2D eigenvalue weighted by Crippen LogP contribution is -2.43. The van der Waals surface area contributed by atoms with Gasteiger partial charge in [0.2, 0.25) is 0 Å². The van der Waals surface area contributed by atoms with Crippen LogP contribution in [0.3, 0.4) is 0 Å². The predicted molar refractivity (Wildman–Crippen MR) is 136 cm³/mol. The SMILES string of the molecule is O=C(NCC(c1ccccc1)(c1cc(F)cc(OC(F)(F)C(F)F)c1)c1ccc(F)c(O)c1)c1ccc(F)c(C(F)(F)F)c1. The van der Waals surface area contributed by atoms with Gasteiger partial charge in [-0.2, -0.15) is 30.7 Å². The van der Waals surface area contributed by atoms with Crippen molar-refractivity contribution in [2.45, 2.75) is 24.1 Å². The molecule has 0 aliphatic rings. The van der Waals surface area contributed by atoms with Crippen molar-refractivity contribution >= 4 is 5.91 Å². The normalized spacial score (nSPS) is 13.4. The monoisotopic (exact) mass is 631 g/mol. The Kier molecular flexibility index (Phi) is 8.84. The number of phenolic OH excluding ortho intramolecular Hbond substituents is 1. The molecule has 2 N–H and O–H groups in total. The van der Waals surface area contributed by atoms with Crippen LogP contribution in [-0.4, -0.2) is 30.1 Å². The molecule has 4 rings (SSSR count). The second-order valence-electron chi connectivity index (χ2n) is 9.45. The van der Waals surface area contributed by atoms with Crippen LogP contribution >= 0.6 is 0 Å². The number of ether oxygens (including phenoxy) is 1. The molecule has 0 fully saturated rings. The topological polar surface area (TPSA) is 58.6 Å². The Bertz CT molecular complexity index is 1660. The summed E-state index contributed by atoms with van der Waals surface area (Å²) in [7, 11) is 0. The smallest absolute Gasteiger partial charge is 0.461 e. The minimum atomic E-state index is -5.15. The molecule has 0 saturated carbocycles. The molecule has 14 heteroatoms. The number of hydrogen-bond donors (Lipinski definition) is 2. The van der Waals surface area contributed by atoms with Crippen LogP contribution in [0.25, 0.3) is 0 Å². The molecule has 4 nitrogen and oxygen atoms in total. The maximum Gasteiger partial charge on any atom is 0.461 e. The Hall–Kier alpha value is -4.75. The largest absolute Gasteiger partial charge is 0.505 e. The third kappa shape index (κ3) is 6.58. The first-order valence-electron chi connectivity index (χ1n) is 12.4. The van der Waals surface area contributed by atoms with E-state index in [0.29, 0.717) is 12.1 Å². The first-order chi connectivity index (χ1) is 20.5. The summed E-state index contributed by atoms with van der Waals surface area (Å²) >= 11 is 0. The molecule has 0 spiro atoms. The van der Waals surface area contributed by atoms with E-state index in [1.165, 1.54) is 30.3 Å². The highest BCUT2D eigenvalue weighted by atomic mass is 19.4. The number of hydrogen-bond acceptors (Lipinski definition) is 3. The van der Waals surface area contributed by atoms with Gasteiger partial charge in [-0.05, 0) is 59.2 Å².